The first-order valence-corrected chi connectivity index (χ1v) is 18.2. The smallest absolute Gasteiger partial charge is 0.0429 e. The minimum Gasteiger partial charge on any atom is -0.345 e. The number of hydrogen-bond donors (Lipinski definition) is 0. The minimum absolute atomic E-state index is 0. The monoisotopic (exact) mass is 1750 g/mol. The van der Waals surface area contributed by atoms with Gasteiger partial charge < -0.3 is 9.80 Å². The Morgan fingerprint density at radius 3 is 0.759 bits per heavy atom. The molecule has 2 nitrogen and oxygen atoms in total. The summed E-state index contributed by atoms with van der Waals surface area (Å²) in [6, 6.07) is 82.1. The van der Waals surface area contributed by atoms with E-state index >= 15 is 0 Å². The van der Waals surface area contributed by atoms with E-state index in [4.69, 9.17) is 0 Å². The van der Waals surface area contributed by atoms with Gasteiger partial charge in [-0.25, -0.2) is 0 Å². The zero-order valence-corrected chi connectivity index (χ0v) is 57.8. The fraction of sp³-hybridized carbons (Fsp3) is 0. The third kappa shape index (κ3) is 5.90. The van der Waals surface area contributed by atoms with Gasteiger partial charge in [-0.1, -0.05) is 94.3 Å². The number of benzene rings is 10. The van der Waals surface area contributed by atoms with Crippen molar-refractivity contribution in [2.45, 2.75) is 0 Å². The average Bonchev–Trinajstić information content (AvgIpc) is 3.25. The van der Waals surface area contributed by atoms with Gasteiger partial charge in [-0.2, -0.15) is 0 Å². The number of anilines is 6. The zero-order chi connectivity index (χ0) is 35.8. The van der Waals surface area contributed by atoms with Gasteiger partial charge in [-0.15, -0.1) is 143 Å². The SMILES string of the molecule is [Rf].[Rf].[Rf].[Rf].[c-]1ccc(N(c2ccc(-c3ccc(N(c4cc[c-]c5ccccc45)c4cc[c-]c5ccccc45)cc3)cc2)c2cc[c-]c3ccccc23)c2ccccc12. The molecule has 10 rings (SSSR count). The van der Waals surface area contributed by atoms with Crippen molar-refractivity contribution >= 4 is 77.2 Å². The van der Waals surface area contributed by atoms with Gasteiger partial charge in [-0.3, -0.25) is 0 Å². The Bertz CT molecular complexity index is 2580. The second-order valence-electron chi connectivity index (χ2n) is 13.4. The molecule has 0 atom stereocenters. The molecular weight excluding hydrogens is 1720 g/mol. The predicted molar refractivity (Wildman–Crippen MR) is 227 cm³/mol. The van der Waals surface area contributed by atoms with E-state index in [0.717, 1.165) is 88.3 Å². The Labute approximate surface area is 315 Å². The predicted octanol–water partition coefficient (Wildman–Crippen LogP) is 14.1. The van der Waals surface area contributed by atoms with E-state index in [1.54, 1.807) is 0 Å². The van der Waals surface area contributed by atoms with Crippen molar-refractivity contribution in [3.63, 3.8) is 0 Å². The number of hydrogen-bond acceptors (Lipinski definition) is 2. The molecule has 0 aromatic heterocycles. The Kier molecular flexibility index (Phi) is 9.36. The maximum Gasteiger partial charge on any atom is 0.0429 e. The molecule has 0 saturated carbocycles. The number of rotatable bonds is 7. The summed E-state index contributed by atoms with van der Waals surface area (Å²) in [6.45, 7) is 0. The average molecular weight is 1750 g/mol. The summed E-state index contributed by atoms with van der Waals surface area (Å²) in [4.78, 5) is 4.72. The van der Waals surface area contributed by atoms with Gasteiger partial charge in [0.15, 0.2) is 0 Å². The third-order valence-electron chi connectivity index (χ3n) is 10.3. The van der Waals surface area contributed by atoms with Crippen molar-refractivity contribution in [1.29, 1.82) is 0 Å². The molecule has 0 radical (unpaired) electrons. The number of fused-ring (bicyclic) bond motifs is 4. The third-order valence-corrected chi connectivity index (χ3v) is 10.3. The summed E-state index contributed by atoms with van der Waals surface area (Å²) in [5.74, 6) is 0. The van der Waals surface area contributed by atoms with Crippen LogP contribution in [-0.4, -0.2) is 0 Å². The molecule has 0 aliphatic heterocycles. The van der Waals surface area contributed by atoms with Crippen LogP contribution >= 0.6 is 0 Å². The molecule has 0 aliphatic carbocycles. The molecule has 0 unspecified atom stereocenters. The Balaban J connectivity index is 0.00000142. The van der Waals surface area contributed by atoms with Gasteiger partial charge in [0, 0.05) is 11.4 Å². The van der Waals surface area contributed by atoms with Crippen molar-refractivity contribution in [1.82, 2.24) is 0 Å². The van der Waals surface area contributed by atoms with Crippen molar-refractivity contribution in [3.8, 4) is 11.1 Å². The fourth-order valence-corrected chi connectivity index (χ4v) is 7.73. The van der Waals surface area contributed by atoms with E-state index < -0.39 is 0 Å². The molecule has 0 saturated heterocycles. The van der Waals surface area contributed by atoms with Crippen molar-refractivity contribution in [2.75, 3.05) is 9.80 Å². The Morgan fingerprint density at radius 2 is 0.500 bits per heavy atom. The second kappa shape index (κ2) is 14.8. The van der Waals surface area contributed by atoms with Gasteiger partial charge in [0.25, 0.3) is 0 Å². The second-order valence-corrected chi connectivity index (χ2v) is 13.4. The van der Waals surface area contributed by atoms with Crippen LogP contribution in [0.25, 0.3) is 54.2 Å². The Morgan fingerprint density at radius 1 is 0.259 bits per heavy atom. The van der Waals surface area contributed by atoms with E-state index in [-0.39, 0.29) is 0 Å². The topological polar surface area (TPSA) is 6.48 Å². The molecule has 10 aromatic carbocycles. The zero-order valence-electron chi connectivity index (χ0n) is 32.2. The van der Waals surface area contributed by atoms with E-state index in [9.17, 15) is 0 Å². The van der Waals surface area contributed by atoms with Crippen molar-refractivity contribution in [3.05, 3.63) is 218 Å². The van der Waals surface area contributed by atoms with E-state index in [1.807, 2.05) is 24.3 Å². The van der Waals surface area contributed by atoms with Crippen LogP contribution in [0.1, 0.15) is 0 Å². The van der Waals surface area contributed by atoms with Gasteiger partial charge in [0.1, 0.15) is 0 Å². The molecule has 0 spiro atoms. The minimum atomic E-state index is 0. The molecule has 0 aliphatic rings. The normalized spacial score (nSPS) is 10.6. The molecule has 0 bridgehead atoms. The molecule has 6 heteroatoms. The molecule has 0 N–H and O–H groups in total. The maximum atomic E-state index is 3.43. The first kappa shape index (κ1) is 36.6. The van der Waals surface area contributed by atoms with E-state index in [1.165, 1.54) is 0 Å². The van der Waals surface area contributed by atoms with Crippen LogP contribution in [0.4, 0.5) is 34.1 Å². The van der Waals surface area contributed by atoms with E-state index in [0.29, 0.717) is 0 Å². The van der Waals surface area contributed by atoms with Crippen LogP contribution in [0.2, 0.25) is 0 Å². The first-order valence-electron chi connectivity index (χ1n) is 18.2. The summed E-state index contributed by atoms with van der Waals surface area (Å²) in [5.41, 5.74) is 8.88. The maximum absolute atomic E-state index is 3.43. The summed E-state index contributed by atoms with van der Waals surface area (Å²) in [6.07, 6.45) is 0. The van der Waals surface area contributed by atoms with Crippen molar-refractivity contribution in [2.24, 2.45) is 0 Å². The van der Waals surface area contributed by atoms with Crippen molar-refractivity contribution < 1.29 is 0 Å². The van der Waals surface area contributed by atoms with Crippen LogP contribution in [0, 0.1) is 24.3 Å². The van der Waals surface area contributed by atoms with Crippen LogP contribution in [0.3, 0.4) is 0 Å². The number of nitrogens with zero attached hydrogens (tertiary/aromatic N) is 2. The largest absolute Gasteiger partial charge is 0.345 e. The Hall–Kier alpha value is -11.2. The summed E-state index contributed by atoms with van der Waals surface area (Å²) >= 11 is 0. The molecular formula is C52H32N2Rf4-4. The molecule has 0 amide bonds. The standard InChI is InChI=1S/C52H32N2.4Rf/c1-5-21-45-39(13-1)17-9-25-49(45)53(50-26-10-18-40-14-2-6-22-46(40)50)43-33-29-37(30-34-43)38-31-35-44(36-32-38)54(51-27-11-19-41-15-3-7-23-47(41)51)52-28-12-20-42-16-4-8-24-48(42)52;;;;/h1-16,21-36H;;;;/q-4;;;;. The van der Waals surface area contributed by atoms with Crippen LogP contribution in [0.5, 0.6) is 0 Å². The van der Waals surface area contributed by atoms with Crippen LogP contribution in [0.15, 0.2) is 194 Å². The fourth-order valence-electron chi connectivity index (χ4n) is 7.73. The summed E-state index contributed by atoms with van der Waals surface area (Å²) in [5, 5.41) is 8.93. The molecule has 10 aromatic rings. The van der Waals surface area contributed by atoms with Crippen LogP contribution < -0.4 is 9.80 Å². The van der Waals surface area contributed by atoms with Gasteiger partial charge in [0.05, 0.1) is 0 Å². The first-order chi connectivity index (χ1) is 26.8. The quantitative estimate of drug-likeness (QED) is 0.147. The summed E-state index contributed by atoms with van der Waals surface area (Å²) in [7, 11) is 0. The van der Waals surface area contributed by atoms with Crippen LogP contribution in [-0.2, 0) is 0 Å². The summed E-state index contributed by atoms with van der Waals surface area (Å²) < 4.78 is 0. The van der Waals surface area contributed by atoms with Gasteiger partial charge in [-0.05, 0) is 58.1 Å². The molecule has 0 heterocycles. The molecule has 58 heavy (non-hydrogen) atoms. The molecule has 0 fully saturated rings. The van der Waals surface area contributed by atoms with Gasteiger partial charge >= 0.3 is 0 Å². The molecule has 262 valence electrons. The van der Waals surface area contributed by atoms with Gasteiger partial charge in [0.2, 0.25) is 0 Å². The van der Waals surface area contributed by atoms with E-state index in [2.05, 4.69) is 204 Å².